The lowest BCUT2D eigenvalue weighted by molar-refractivity contribution is -0.135. The SMILES string of the molecule is C=C(C(=O)c1ccc(OC(=O)CCCCCBr)cc1)c1ccc(OC(=O)c2ccc(OC(=O)CCCC)cc2)c(C)c1. The van der Waals surface area contributed by atoms with E-state index in [9.17, 15) is 19.2 Å². The Hall–Kier alpha value is -4.04. The highest BCUT2D eigenvalue weighted by Gasteiger charge is 2.16. The fourth-order valence-electron chi connectivity index (χ4n) is 3.98. The van der Waals surface area contributed by atoms with Crippen molar-refractivity contribution in [1.82, 2.24) is 0 Å². The number of aryl methyl sites for hydroxylation is 1. The second kappa shape index (κ2) is 16.4. The number of carbonyl (C=O) groups is 4. The average molecular weight is 636 g/mol. The summed E-state index contributed by atoms with van der Waals surface area (Å²) >= 11 is 3.37. The zero-order valence-electron chi connectivity index (χ0n) is 24.0. The van der Waals surface area contributed by atoms with Gasteiger partial charge in [-0.3, -0.25) is 14.4 Å². The third-order valence-electron chi connectivity index (χ3n) is 6.42. The van der Waals surface area contributed by atoms with Gasteiger partial charge in [0.15, 0.2) is 5.78 Å². The molecular formula is C34H35BrO7. The minimum absolute atomic E-state index is 0.275. The molecule has 0 atom stereocenters. The maximum atomic E-state index is 13.1. The molecule has 0 unspecified atom stereocenters. The van der Waals surface area contributed by atoms with E-state index in [4.69, 9.17) is 14.2 Å². The molecule has 220 valence electrons. The van der Waals surface area contributed by atoms with Crippen molar-refractivity contribution in [2.75, 3.05) is 5.33 Å². The smallest absolute Gasteiger partial charge is 0.343 e. The molecule has 0 heterocycles. The molecule has 0 radical (unpaired) electrons. The van der Waals surface area contributed by atoms with Crippen LogP contribution in [0.5, 0.6) is 17.2 Å². The summed E-state index contributed by atoms with van der Waals surface area (Å²) in [5.74, 6) is -0.364. The van der Waals surface area contributed by atoms with Crippen molar-refractivity contribution in [3.05, 3.63) is 95.6 Å². The Labute approximate surface area is 255 Å². The molecule has 0 amide bonds. The van der Waals surface area contributed by atoms with Crippen molar-refractivity contribution in [2.24, 2.45) is 0 Å². The lowest BCUT2D eigenvalue weighted by atomic mass is 9.97. The molecule has 3 aromatic rings. The summed E-state index contributed by atoms with van der Waals surface area (Å²) in [6, 6.07) is 17.6. The quantitative estimate of drug-likeness (QED) is 0.0416. The van der Waals surface area contributed by atoms with Crippen LogP contribution in [-0.4, -0.2) is 29.0 Å². The first-order chi connectivity index (χ1) is 20.2. The third kappa shape index (κ3) is 9.80. The minimum Gasteiger partial charge on any atom is -0.427 e. The van der Waals surface area contributed by atoms with Crippen molar-refractivity contribution in [1.29, 1.82) is 0 Å². The van der Waals surface area contributed by atoms with E-state index in [0.717, 1.165) is 37.4 Å². The molecule has 0 aromatic heterocycles. The van der Waals surface area contributed by atoms with Gasteiger partial charge in [-0.05, 0) is 98.0 Å². The van der Waals surface area contributed by atoms with Crippen LogP contribution < -0.4 is 14.2 Å². The van der Waals surface area contributed by atoms with Gasteiger partial charge in [0.25, 0.3) is 0 Å². The molecule has 0 spiro atoms. The predicted octanol–water partition coefficient (Wildman–Crippen LogP) is 8.07. The minimum atomic E-state index is -0.565. The number of unbranched alkanes of at least 4 members (excludes halogenated alkanes) is 3. The van der Waals surface area contributed by atoms with Crippen LogP contribution in [0, 0.1) is 6.92 Å². The molecule has 8 heteroatoms. The van der Waals surface area contributed by atoms with Gasteiger partial charge in [0.1, 0.15) is 17.2 Å². The Morgan fingerprint density at radius 2 is 1.24 bits per heavy atom. The maximum Gasteiger partial charge on any atom is 0.343 e. The molecule has 0 bridgehead atoms. The van der Waals surface area contributed by atoms with Gasteiger partial charge in [-0.2, -0.15) is 0 Å². The molecular weight excluding hydrogens is 600 g/mol. The maximum absolute atomic E-state index is 13.1. The first-order valence-corrected chi connectivity index (χ1v) is 15.1. The predicted molar refractivity (Wildman–Crippen MR) is 165 cm³/mol. The highest BCUT2D eigenvalue weighted by Crippen LogP contribution is 2.27. The number of halogens is 1. The zero-order valence-corrected chi connectivity index (χ0v) is 25.5. The first kappa shape index (κ1) is 32.5. The van der Waals surface area contributed by atoms with E-state index in [-0.39, 0.29) is 23.3 Å². The van der Waals surface area contributed by atoms with Crippen molar-refractivity contribution in [3.63, 3.8) is 0 Å². The summed E-state index contributed by atoms with van der Waals surface area (Å²) in [6.45, 7) is 7.73. The summed E-state index contributed by atoms with van der Waals surface area (Å²) < 4.78 is 16.2. The molecule has 0 aliphatic rings. The molecule has 0 aliphatic heterocycles. The lowest BCUT2D eigenvalue weighted by Crippen LogP contribution is -2.10. The second-order valence-corrected chi connectivity index (χ2v) is 10.6. The van der Waals surface area contributed by atoms with Crippen molar-refractivity contribution >= 4 is 45.2 Å². The van der Waals surface area contributed by atoms with Crippen LogP contribution in [0.1, 0.15) is 83.7 Å². The van der Waals surface area contributed by atoms with Gasteiger partial charge in [0.05, 0.1) is 5.56 Å². The van der Waals surface area contributed by atoms with Gasteiger partial charge in [-0.15, -0.1) is 0 Å². The Morgan fingerprint density at radius 1 is 0.690 bits per heavy atom. The summed E-state index contributed by atoms with van der Waals surface area (Å²) in [5.41, 5.74) is 2.22. The van der Waals surface area contributed by atoms with Crippen LogP contribution in [0.15, 0.2) is 73.3 Å². The fourth-order valence-corrected chi connectivity index (χ4v) is 4.37. The highest BCUT2D eigenvalue weighted by atomic mass is 79.9. The van der Waals surface area contributed by atoms with E-state index in [1.165, 1.54) is 12.1 Å². The van der Waals surface area contributed by atoms with E-state index < -0.39 is 5.97 Å². The Morgan fingerprint density at radius 3 is 1.79 bits per heavy atom. The second-order valence-electron chi connectivity index (χ2n) is 9.78. The van der Waals surface area contributed by atoms with Gasteiger partial charge in [-0.25, -0.2) is 4.79 Å². The van der Waals surface area contributed by atoms with Crippen LogP contribution in [0.2, 0.25) is 0 Å². The van der Waals surface area contributed by atoms with Crippen molar-refractivity contribution in [3.8, 4) is 17.2 Å². The van der Waals surface area contributed by atoms with E-state index in [1.54, 1.807) is 61.5 Å². The normalized spacial score (nSPS) is 10.5. The van der Waals surface area contributed by atoms with Gasteiger partial charge in [0, 0.05) is 29.3 Å². The van der Waals surface area contributed by atoms with Crippen LogP contribution in [0.25, 0.3) is 5.57 Å². The van der Waals surface area contributed by atoms with Crippen LogP contribution in [0.3, 0.4) is 0 Å². The number of Topliss-reactive ketones (excluding diaryl/α,β-unsaturated/α-hetero) is 1. The number of alkyl halides is 1. The van der Waals surface area contributed by atoms with Crippen LogP contribution in [-0.2, 0) is 9.59 Å². The number of allylic oxidation sites excluding steroid dienone is 1. The molecule has 42 heavy (non-hydrogen) atoms. The topological polar surface area (TPSA) is 96.0 Å². The van der Waals surface area contributed by atoms with Gasteiger partial charge >= 0.3 is 17.9 Å². The van der Waals surface area contributed by atoms with Gasteiger partial charge in [0.2, 0.25) is 0 Å². The number of ether oxygens (including phenoxy) is 3. The number of ketones is 1. The Balaban J connectivity index is 1.57. The highest BCUT2D eigenvalue weighted by molar-refractivity contribution is 9.09. The molecule has 3 rings (SSSR count). The zero-order chi connectivity index (χ0) is 30.5. The Bertz CT molecular complexity index is 1410. The number of esters is 3. The number of hydrogen-bond acceptors (Lipinski definition) is 7. The number of carbonyl (C=O) groups excluding carboxylic acids is 4. The van der Waals surface area contributed by atoms with Crippen molar-refractivity contribution in [2.45, 2.75) is 58.8 Å². The van der Waals surface area contributed by atoms with Crippen LogP contribution >= 0.6 is 15.9 Å². The van der Waals surface area contributed by atoms with Gasteiger partial charge < -0.3 is 14.2 Å². The number of hydrogen-bond donors (Lipinski definition) is 0. The summed E-state index contributed by atoms with van der Waals surface area (Å²) in [6.07, 6.45) is 5.07. The number of rotatable bonds is 15. The fraction of sp³-hybridized carbons (Fsp3) is 0.294. The summed E-state index contributed by atoms with van der Waals surface area (Å²) in [4.78, 5) is 49.6. The molecule has 3 aromatic carbocycles. The molecule has 0 N–H and O–H groups in total. The summed E-state index contributed by atoms with van der Waals surface area (Å²) in [5, 5.41) is 0.913. The van der Waals surface area contributed by atoms with E-state index in [2.05, 4.69) is 22.5 Å². The molecule has 0 aliphatic carbocycles. The van der Waals surface area contributed by atoms with E-state index >= 15 is 0 Å². The van der Waals surface area contributed by atoms with Gasteiger partial charge in [-0.1, -0.05) is 48.3 Å². The molecule has 7 nitrogen and oxygen atoms in total. The van der Waals surface area contributed by atoms with Crippen LogP contribution in [0.4, 0.5) is 0 Å². The molecule has 0 saturated heterocycles. The third-order valence-corrected chi connectivity index (χ3v) is 6.98. The Kier molecular flexibility index (Phi) is 12.7. The standard InChI is InChI=1S/C34H35BrO7/c1-4-5-9-31(36)40-29-18-13-26(14-19-29)34(39)42-30-20-15-27(22-23(30)2)24(3)33(38)25-11-16-28(17-12-25)41-32(37)10-7-6-8-21-35/h11-20,22H,3-10,21H2,1-2H3. The van der Waals surface area contributed by atoms with Crippen molar-refractivity contribution < 1.29 is 33.4 Å². The molecule has 0 fully saturated rings. The first-order valence-electron chi connectivity index (χ1n) is 14.0. The largest absolute Gasteiger partial charge is 0.427 e. The van der Waals surface area contributed by atoms with E-state index in [0.29, 0.717) is 52.3 Å². The summed E-state index contributed by atoms with van der Waals surface area (Å²) in [7, 11) is 0. The average Bonchev–Trinajstić information content (AvgIpc) is 2.99. The number of benzene rings is 3. The molecule has 0 saturated carbocycles. The van der Waals surface area contributed by atoms with E-state index in [1.807, 2.05) is 6.92 Å². The lowest BCUT2D eigenvalue weighted by Gasteiger charge is -2.11. The monoisotopic (exact) mass is 634 g/mol.